The molecule has 0 radical (unpaired) electrons. The number of hydrogen-bond acceptors (Lipinski definition) is 6. The van der Waals surface area contributed by atoms with Crippen LogP contribution in [-0.4, -0.2) is 56.2 Å². The average Bonchev–Trinajstić information content (AvgIpc) is 3.18. The predicted molar refractivity (Wildman–Crippen MR) is 127 cm³/mol. The Bertz CT molecular complexity index is 698. The summed E-state index contributed by atoms with van der Waals surface area (Å²) in [6.07, 6.45) is 15.7. The van der Waals surface area contributed by atoms with Crippen LogP contribution in [0.25, 0.3) is 0 Å². The number of rotatable bonds is 20. The molecule has 0 saturated heterocycles. The van der Waals surface area contributed by atoms with Crippen LogP contribution < -0.4 is 0 Å². The van der Waals surface area contributed by atoms with E-state index in [1.807, 2.05) is 19.0 Å². The lowest BCUT2D eigenvalue weighted by Gasteiger charge is -2.09. The zero-order chi connectivity index (χ0) is 23.0. The molecule has 0 amide bonds. The molecule has 0 spiro atoms. The number of Topliss-reactive ketones (excluding diaryl/α,β-unsaturated/α-hetero) is 1. The van der Waals surface area contributed by atoms with Crippen molar-refractivity contribution in [2.45, 2.75) is 96.8 Å². The highest BCUT2D eigenvalue weighted by molar-refractivity contribution is 7.91. The van der Waals surface area contributed by atoms with Gasteiger partial charge in [0.1, 0.15) is 15.6 Å². The van der Waals surface area contributed by atoms with E-state index in [-0.39, 0.29) is 23.2 Å². The van der Waals surface area contributed by atoms with Gasteiger partial charge in [0.2, 0.25) is 5.78 Å². The molecule has 31 heavy (non-hydrogen) atoms. The minimum absolute atomic E-state index is 0.0299. The van der Waals surface area contributed by atoms with Crippen molar-refractivity contribution in [1.82, 2.24) is 9.88 Å². The van der Waals surface area contributed by atoms with E-state index in [4.69, 9.17) is 4.42 Å². The van der Waals surface area contributed by atoms with Crippen molar-refractivity contribution in [1.29, 1.82) is 0 Å². The Balaban J connectivity index is 2.14. The summed E-state index contributed by atoms with van der Waals surface area (Å²) in [4.78, 5) is 18.3. The van der Waals surface area contributed by atoms with Crippen LogP contribution in [-0.2, 0) is 16.3 Å². The molecule has 0 N–H and O–H groups in total. The van der Waals surface area contributed by atoms with Crippen molar-refractivity contribution in [3.63, 3.8) is 0 Å². The summed E-state index contributed by atoms with van der Waals surface area (Å²) in [5.41, 5.74) is 0. The predicted octanol–water partition coefficient (Wildman–Crippen LogP) is 5.47. The zero-order valence-corrected chi connectivity index (χ0v) is 20.9. The van der Waals surface area contributed by atoms with E-state index < -0.39 is 9.84 Å². The quantitative estimate of drug-likeness (QED) is 0.191. The highest BCUT2D eigenvalue weighted by Gasteiger charge is 2.14. The maximum atomic E-state index is 12.2. The number of nitrogens with zero attached hydrogens (tertiary/aromatic N) is 2. The molecule has 0 aliphatic rings. The Hall–Kier alpha value is -1.21. The zero-order valence-electron chi connectivity index (χ0n) is 20.0. The standard InChI is InChI=1S/C24H44N2O4S/c1-4-5-6-7-8-9-10-11-12-17-23(27)24-25-21-22(30-24)16-13-14-19-31(28,29)20-15-18-26(2)3/h21H,4-20H2,1-3H3. The van der Waals surface area contributed by atoms with E-state index >= 15 is 0 Å². The molecular weight excluding hydrogens is 412 g/mol. The van der Waals surface area contributed by atoms with Gasteiger partial charge in [0, 0.05) is 12.8 Å². The number of carbonyl (C=O) groups is 1. The lowest BCUT2D eigenvalue weighted by Crippen LogP contribution is -2.18. The first-order valence-electron chi connectivity index (χ1n) is 12.2. The van der Waals surface area contributed by atoms with Crippen LogP contribution in [0.15, 0.2) is 10.6 Å². The van der Waals surface area contributed by atoms with Crippen LogP contribution in [0.5, 0.6) is 0 Å². The van der Waals surface area contributed by atoms with Gasteiger partial charge in [-0.3, -0.25) is 4.79 Å². The van der Waals surface area contributed by atoms with Crippen molar-refractivity contribution in [3.8, 4) is 0 Å². The SMILES string of the molecule is CCCCCCCCCCCC(=O)c1ncc(CCCCS(=O)(=O)CCCN(C)C)o1. The number of aryl methyl sites for hydroxylation is 1. The number of aromatic nitrogens is 1. The fraction of sp³-hybridized carbons (Fsp3) is 0.833. The van der Waals surface area contributed by atoms with Gasteiger partial charge in [-0.15, -0.1) is 0 Å². The number of sulfone groups is 1. The van der Waals surface area contributed by atoms with Crippen LogP contribution in [0.1, 0.15) is 107 Å². The summed E-state index contributed by atoms with van der Waals surface area (Å²) in [7, 11) is 0.898. The van der Waals surface area contributed by atoms with Gasteiger partial charge < -0.3 is 9.32 Å². The Morgan fingerprint density at radius 3 is 2.16 bits per heavy atom. The Morgan fingerprint density at radius 1 is 0.903 bits per heavy atom. The minimum atomic E-state index is -2.99. The van der Waals surface area contributed by atoms with E-state index in [2.05, 4.69) is 11.9 Å². The largest absolute Gasteiger partial charge is 0.439 e. The molecule has 7 heteroatoms. The van der Waals surface area contributed by atoms with E-state index in [9.17, 15) is 13.2 Å². The highest BCUT2D eigenvalue weighted by atomic mass is 32.2. The molecule has 0 aliphatic carbocycles. The molecule has 6 nitrogen and oxygen atoms in total. The second-order valence-electron chi connectivity index (χ2n) is 8.90. The maximum absolute atomic E-state index is 12.2. The molecule has 0 aromatic carbocycles. The molecule has 0 saturated carbocycles. The fourth-order valence-electron chi connectivity index (χ4n) is 3.58. The topological polar surface area (TPSA) is 80.5 Å². The Kier molecular flexibility index (Phi) is 14.7. The molecule has 0 aliphatic heterocycles. The second-order valence-corrected chi connectivity index (χ2v) is 11.2. The van der Waals surface area contributed by atoms with Gasteiger partial charge in [0.25, 0.3) is 5.89 Å². The Labute approximate surface area is 190 Å². The van der Waals surface area contributed by atoms with Gasteiger partial charge in [-0.25, -0.2) is 13.4 Å². The van der Waals surface area contributed by atoms with E-state index in [1.165, 1.54) is 44.9 Å². The van der Waals surface area contributed by atoms with Gasteiger partial charge in [-0.1, -0.05) is 58.3 Å². The summed E-state index contributed by atoms with van der Waals surface area (Å²) in [6, 6.07) is 0. The van der Waals surface area contributed by atoms with Crippen molar-refractivity contribution < 1.29 is 17.6 Å². The van der Waals surface area contributed by atoms with Gasteiger partial charge in [0.05, 0.1) is 17.7 Å². The van der Waals surface area contributed by atoms with Crippen molar-refractivity contribution in [2.24, 2.45) is 0 Å². The third-order valence-electron chi connectivity index (χ3n) is 5.49. The average molecular weight is 457 g/mol. The van der Waals surface area contributed by atoms with Gasteiger partial charge in [0.15, 0.2) is 0 Å². The third-order valence-corrected chi connectivity index (χ3v) is 7.31. The van der Waals surface area contributed by atoms with Crippen molar-refractivity contribution >= 4 is 15.6 Å². The summed E-state index contributed by atoms with van der Waals surface area (Å²) >= 11 is 0. The van der Waals surface area contributed by atoms with E-state index in [1.54, 1.807) is 6.20 Å². The summed E-state index contributed by atoms with van der Waals surface area (Å²) in [5.74, 6) is 1.29. The summed E-state index contributed by atoms with van der Waals surface area (Å²) < 4.78 is 29.7. The number of carbonyl (C=O) groups excluding carboxylic acids is 1. The molecule has 180 valence electrons. The maximum Gasteiger partial charge on any atom is 0.263 e. The van der Waals surface area contributed by atoms with Crippen LogP contribution in [0.3, 0.4) is 0 Å². The summed E-state index contributed by atoms with van der Waals surface area (Å²) in [5, 5.41) is 0. The molecule has 1 aromatic heterocycles. The minimum Gasteiger partial charge on any atom is -0.439 e. The smallest absolute Gasteiger partial charge is 0.263 e. The number of hydrogen-bond donors (Lipinski definition) is 0. The number of oxazole rings is 1. The Morgan fingerprint density at radius 2 is 1.52 bits per heavy atom. The molecule has 1 heterocycles. The van der Waals surface area contributed by atoms with Crippen LogP contribution >= 0.6 is 0 Å². The molecule has 0 fully saturated rings. The monoisotopic (exact) mass is 456 g/mol. The molecule has 1 aromatic rings. The first kappa shape index (κ1) is 27.8. The summed E-state index contributed by atoms with van der Waals surface area (Å²) in [6.45, 7) is 3.02. The van der Waals surface area contributed by atoms with Crippen LogP contribution in [0, 0.1) is 0 Å². The molecule has 0 bridgehead atoms. The fourth-order valence-corrected chi connectivity index (χ4v) is 5.00. The van der Waals surface area contributed by atoms with E-state index in [0.29, 0.717) is 37.9 Å². The molecule has 0 unspecified atom stereocenters. The molecule has 0 atom stereocenters. The van der Waals surface area contributed by atoms with Crippen LogP contribution in [0.4, 0.5) is 0 Å². The van der Waals surface area contributed by atoms with Crippen molar-refractivity contribution in [2.75, 3.05) is 32.1 Å². The lowest BCUT2D eigenvalue weighted by molar-refractivity contribution is 0.0943. The van der Waals surface area contributed by atoms with Gasteiger partial charge in [-0.05, 0) is 46.3 Å². The van der Waals surface area contributed by atoms with Crippen LogP contribution in [0.2, 0.25) is 0 Å². The first-order chi connectivity index (χ1) is 14.8. The van der Waals surface area contributed by atoms with E-state index in [0.717, 1.165) is 19.4 Å². The molecular formula is C24H44N2O4S. The normalized spacial score (nSPS) is 12.0. The highest BCUT2D eigenvalue weighted by Crippen LogP contribution is 2.14. The first-order valence-corrected chi connectivity index (χ1v) is 14.0. The van der Waals surface area contributed by atoms with Gasteiger partial charge in [-0.2, -0.15) is 0 Å². The van der Waals surface area contributed by atoms with Gasteiger partial charge >= 0.3 is 0 Å². The molecule has 1 rings (SSSR count). The van der Waals surface area contributed by atoms with Crippen molar-refractivity contribution in [3.05, 3.63) is 17.8 Å². The second kappa shape index (κ2) is 16.4. The number of ketones is 1. The lowest BCUT2D eigenvalue weighted by atomic mass is 10.1. The third kappa shape index (κ3) is 14.5. The number of unbranched alkanes of at least 4 members (excludes halogenated alkanes) is 9.